The van der Waals surface area contributed by atoms with Gasteiger partial charge in [0, 0.05) is 18.7 Å². The molecule has 1 unspecified atom stereocenters. The van der Waals surface area contributed by atoms with Crippen LogP contribution in [-0.4, -0.2) is 40.0 Å². The number of rotatable bonds is 3. The van der Waals surface area contributed by atoms with Crippen LogP contribution in [-0.2, 0) is 4.79 Å². The van der Waals surface area contributed by atoms with Gasteiger partial charge in [0.15, 0.2) is 0 Å². The second-order valence-corrected chi connectivity index (χ2v) is 6.42. The fourth-order valence-corrected chi connectivity index (χ4v) is 3.36. The van der Waals surface area contributed by atoms with Crippen LogP contribution in [0.15, 0.2) is 54.7 Å². The maximum Gasteiger partial charge on any atom is 0.258 e. The summed E-state index contributed by atoms with van der Waals surface area (Å²) in [5.74, 6) is -1.77. The van der Waals surface area contributed by atoms with Crippen molar-refractivity contribution in [2.75, 3.05) is 13.1 Å². The van der Waals surface area contributed by atoms with Crippen LogP contribution in [0.1, 0.15) is 22.0 Å². The van der Waals surface area contributed by atoms with Crippen molar-refractivity contribution in [3.05, 3.63) is 77.5 Å². The summed E-state index contributed by atoms with van der Waals surface area (Å²) < 4.78 is 27.3. The lowest BCUT2D eigenvalue weighted by molar-refractivity contribution is -0.128. The van der Waals surface area contributed by atoms with E-state index in [1.807, 2.05) is 0 Å². The minimum absolute atomic E-state index is 0.210. The first-order chi connectivity index (χ1) is 13.5. The molecule has 8 heteroatoms. The summed E-state index contributed by atoms with van der Waals surface area (Å²) in [6.45, 7) is 0.531. The van der Waals surface area contributed by atoms with Crippen LogP contribution in [0.4, 0.5) is 8.78 Å². The SMILES string of the molecule is O=C1NCCN(C(=O)c2cn[nH]c2-c2cccc(F)c2)C1c1cccc(F)c1. The van der Waals surface area contributed by atoms with E-state index < -0.39 is 23.6 Å². The Bertz CT molecular complexity index is 1050. The lowest BCUT2D eigenvalue weighted by Gasteiger charge is -2.35. The molecule has 0 spiro atoms. The first-order valence-electron chi connectivity index (χ1n) is 8.68. The van der Waals surface area contributed by atoms with E-state index in [0.717, 1.165) is 0 Å². The third kappa shape index (κ3) is 3.24. The molecular weight excluding hydrogens is 366 g/mol. The summed E-state index contributed by atoms with van der Waals surface area (Å²) in [6, 6.07) is 10.4. The first kappa shape index (κ1) is 17.8. The van der Waals surface area contributed by atoms with Gasteiger partial charge in [-0.3, -0.25) is 14.7 Å². The van der Waals surface area contributed by atoms with Gasteiger partial charge in [-0.15, -0.1) is 0 Å². The second-order valence-electron chi connectivity index (χ2n) is 6.42. The van der Waals surface area contributed by atoms with Gasteiger partial charge in [0.2, 0.25) is 5.91 Å². The van der Waals surface area contributed by atoms with Crippen molar-refractivity contribution in [3.63, 3.8) is 0 Å². The summed E-state index contributed by atoms with van der Waals surface area (Å²) in [6.07, 6.45) is 1.34. The molecule has 0 radical (unpaired) electrons. The van der Waals surface area contributed by atoms with E-state index in [9.17, 15) is 18.4 Å². The average Bonchev–Trinajstić information content (AvgIpc) is 3.17. The van der Waals surface area contributed by atoms with Crippen molar-refractivity contribution in [2.45, 2.75) is 6.04 Å². The second kappa shape index (κ2) is 7.22. The topological polar surface area (TPSA) is 78.1 Å². The van der Waals surface area contributed by atoms with Gasteiger partial charge in [-0.25, -0.2) is 8.78 Å². The maximum absolute atomic E-state index is 13.7. The first-order valence-corrected chi connectivity index (χ1v) is 8.68. The summed E-state index contributed by atoms with van der Waals surface area (Å²) in [5, 5.41) is 9.34. The number of H-pyrrole nitrogens is 1. The van der Waals surface area contributed by atoms with E-state index in [4.69, 9.17) is 0 Å². The van der Waals surface area contributed by atoms with Crippen molar-refractivity contribution in [3.8, 4) is 11.3 Å². The van der Waals surface area contributed by atoms with Crippen molar-refractivity contribution in [1.82, 2.24) is 20.4 Å². The quantitative estimate of drug-likeness (QED) is 0.731. The molecule has 0 aliphatic carbocycles. The molecule has 6 nitrogen and oxygen atoms in total. The highest BCUT2D eigenvalue weighted by atomic mass is 19.1. The Kier molecular flexibility index (Phi) is 4.60. The zero-order chi connectivity index (χ0) is 19.7. The van der Waals surface area contributed by atoms with E-state index in [1.165, 1.54) is 47.5 Å². The monoisotopic (exact) mass is 382 g/mol. The normalized spacial score (nSPS) is 16.7. The third-order valence-corrected chi connectivity index (χ3v) is 4.62. The van der Waals surface area contributed by atoms with Gasteiger partial charge in [-0.05, 0) is 29.8 Å². The van der Waals surface area contributed by atoms with Crippen molar-refractivity contribution in [1.29, 1.82) is 0 Å². The fourth-order valence-electron chi connectivity index (χ4n) is 3.36. The van der Waals surface area contributed by atoms with Crippen LogP contribution in [0, 0.1) is 11.6 Å². The van der Waals surface area contributed by atoms with Crippen molar-refractivity contribution >= 4 is 11.8 Å². The van der Waals surface area contributed by atoms with E-state index in [-0.39, 0.29) is 24.6 Å². The smallest absolute Gasteiger partial charge is 0.258 e. The lowest BCUT2D eigenvalue weighted by Crippen LogP contribution is -2.52. The van der Waals surface area contributed by atoms with Crippen LogP contribution >= 0.6 is 0 Å². The predicted octanol–water partition coefficient (Wildman–Crippen LogP) is 2.67. The van der Waals surface area contributed by atoms with Crippen molar-refractivity contribution in [2.24, 2.45) is 0 Å². The molecule has 142 valence electrons. The Morgan fingerprint density at radius 2 is 1.86 bits per heavy atom. The number of hydrogen-bond donors (Lipinski definition) is 2. The van der Waals surface area contributed by atoms with Crippen LogP contribution in [0.25, 0.3) is 11.3 Å². The molecule has 0 saturated carbocycles. The van der Waals surface area contributed by atoms with E-state index in [0.29, 0.717) is 16.8 Å². The average molecular weight is 382 g/mol. The van der Waals surface area contributed by atoms with Gasteiger partial charge in [0.25, 0.3) is 5.91 Å². The Morgan fingerprint density at radius 1 is 1.11 bits per heavy atom. The van der Waals surface area contributed by atoms with Gasteiger partial charge in [-0.2, -0.15) is 5.10 Å². The zero-order valence-electron chi connectivity index (χ0n) is 14.7. The molecule has 1 aromatic heterocycles. The molecule has 1 fully saturated rings. The minimum atomic E-state index is -0.966. The van der Waals surface area contributed by atoms with E-state index >= 15 is 0 Å². The molecule has 1 atom stereocenters. The summed E-state index contributed by atoms with van der Waals surface area (Å²) in [4.78, 5) is 27.1. The molecule has 2 N–H and O–H groups in total. The fraction of sp³-hybridized carbons (Fsp3) is 0.150. The summed E-state index contributed by atoms with van der Waals surface area (Å²) in [7, 11) is 0. The molecule has 1 saturated heterocycles. The summed E-state index contributed by atoms with van der Waals surface area (Å²) in [5.41, 5.74) is 1.40. The van der Waals surface area contributed by atoms with Crippen LogP contribution < -0.4 is 5.32 Å². The number of amides is 2. The molecule has 1 aliphatic rings. The highest BCUT2D eigenvalue weighted by molar-refractivity contribution is 6.02. The molecule has 2 aromatic carbocycles. The third-order valence-electron chi connectivity index (χ3n) is 4.62. The Morgan fingerprint density at radius 3 is 2.61 bits per heavy atom. The number of aromatic amines is 1. The number of carbonyl (C=O) groups excluding carboxylic acids is 2. The standard InChI is InChI=1S/C20H16F2N4O2/c21-14-5-1-3-12(9-14)17-16(11-24-25-17)20(28)26-8-7-23-19(27)18(26)13-4-2-6-15(22)10-13/h1-6,9-11,18H,7-8H2,(H,23,27)(H,24,25). The van der Waals surface area contributed by atoms with Crippen LogP contribution in [0.5, 0.6) is 0 Å². The number of nitrogens with zero attached hydrogens (tertiary/aromatic N) is 2. The number of nitrogens with one attached hydrogen (secondary N) is 2. The van der Waals surface area contributed by atoms with Gasteiger partial charge >= 0.3 is 0 Å². The molecule has 28 heavy (non-hydrogen) atoms. The molecule has 3 aromatic rings. The van der Waals surface area contributed by atoms with Gasteiger partial charge in [-0.1, -0.05) is 24.3 Å². The largest absolute Gasteiger partial charge is 0.352 e. The number of piperazine rings is 1. The highest BCUT2D eigenvalue weighted by Crippen LogP contribution is 2.29. The molecule has 1 aliphatic heterocycles. The number of halogens is 2. The molecule has 2 heterocycles. The van der Waals surface area contributed by atoms with Crippen LogP contribution in [0.2, 0.25) is 0 Å². The number of hydrogen-bond acceptors (Lipinski definition) is 3. The van der Waals surface area contributed by atoms with Gasteiger partial charge in [0.05, 0.1) is 17.5 Å². The molecule has 2 amide bonds. The zero-order valence-corrected chi connectivity index (χ0v) is 14.7. The Balaban J connectivity index is 1.73. The Labute approximate surface area is 159 Å². The Hall–Kier alpha value is -3.55. The number of carbonyl (C=O) groups is 2. The van der Waals surface area contributed by atoms with E-state index in [2.05, 4.69) is 15.5 Å². The maximum atomic E-state index is 13.7. The molecule has 0 bridgehead atoms. The molecule has 4 rings (SSSR count). The lowest BCUT2D eigenvalue weighted by atomic mass is 10.00. The van der Waals surface area contributed by atoms with Gasteiger partial charge in [0.1, 0.15) is 17.7 Å². The molecular formula is C20H16F2N4O2. The van der Waals surface area contributed by atoms with Crippen molar-refractivity contribution < 1.29 is 18.4 Å². The number of aromatic nitrogens is 2. The van der Waals surface area contributed by atoms with E-state index in [1.54, 1.807) is 12.1 Å². The highest BCUT2D eigenvalue weighted by Gasteiger charge is 2.36. The van der Waals surface area contributed by atoms with Gasteiger partial charge < -0.3 is 10.2 Å². The number of benzene rings is 2. The predicted molar refractivity (Wildman–Crippen MR) is 97.2 cm³/mol. The van der Waals surface area contributed by atoms with Crippen LogP contribution in [0.3, 0.4) is 0 Å². The minimum Gasteiger partial charge on any atom is -0.352 e. The summed E-state index contributed by atoms with van der Waals surface area (Å²) >= 11 is 0.